The van der Waals surface area contributed by atoms with E-state index in [-0.39, 0.29) is 23.7 Å². The molecule has 1 N–H and O–H groups in total. The number of hydrogen-bond acceptors (Lipinski definition) is 2. The topological polar surface area (TPSA) is 21.3 Å². The number of fused-ring (bicyclic) bond motifs is 3. The lowest BCUT2D eigenvalue weighted by Gasteiger charge is -2.38. The Morgan fingerprint density at radius 2 is 2.04 bits per heavy atom. The third kappa shape index (κ3) is 2.22. The van der Waals surface area contributed by atoms with Crippen molar-refractivity contribution < 1.29 is 9.13 Å². The van der Waals surface area contributed by atoms with E-state index >= 15 is 0 Å². The largest absolute Gasteiger partial charge is 0.495 e. The van der Waals surface area contributed by atoms with Gasteiger partial charge in [0.15, 0.2) is 0 Å². The summed E-state index contributed by atoms with van der Waals surface area (Å²) in [5.74, 6) is 0.993. The first-order valence-electron chi connectivity index (χ1n) is 7.74. The van der Waals surface area contributed by atoms with Crippen molar-refractivity contribution in [3.63, 3.8) is 0 Å². The van der Waals surface area contributed by atoms with Gasteiger partial charge in [-0.25, -0.2) is 4.39 Å². The number of benzene rings is 2. The summed E-state index contributed by atoms with van der Waals surface area (Å²) in [7, 11) is 1.64. The fraction of sp³-hybridized carbons (Fsp3) is 0.263. The monoisotopic (exact) mass is 329 g/mol. The van der Waals surface area contributed by atoms with E-state index in [9.17, 15) is 4.39 Å². The standard InChI is InChI=1S/C19H17ClFNO/c1-23-16-10-9-14(20)17-11-6-4-7-12(11)18(22-19(16)17)13-5-2-3-8-15(13)21/h2-6,8-12,18,22H,7H2,1H3/t11-,12-,18-/m0/s1. The van der Waals surface area contributed by atoms with Gasteiger partial charge < -0.3 is 10.1 Å². The first-order valence-corrected chi connectivity index (χ1v) is 8.12. The molecule has 118 valence electrons. The highest BCUT2D eigenvalue weighted by atomic mass is 35.5. The van der Waals surface area contributed by atoms with Crippen LogP contribution in [0.1, 0.15) is 29.5 Å². The van der Waals surface area contributed by atoms with E-state index < -0.39 is 0 Å². The lowest BCUT2D eigenvalue weighted by Crippen LogP contribution is -2.30. The van der Waals surface area contributed by atoms with Crippen molar-refractivity contribution in [3.05, 3.63) is 70.5 Å². The molecule has 3 atom stereocenters. The summed E-state index contributed by atoms with van der Waals surface area (Å²) in [6, 6.07) is 10.6. The van der Waals surface area contributed by atoms with Crippen LogP contribution < -0.4 is 10.1 Å². The fourth-order valence-electron chi connectivity index (χ4n) is 3.84. The van der Waals surface area contributed by atoms with Crippen LogP contribution in [0.15, 0.2) is 48.6 Å². The van der Waals surface area contributed by atoms with Crippen LogP contribution in [0, 0.1) is 11.7 Å². The van der Waals surface area contributed by atoms with Gasteiger partial charge in [0.05, 0.1) is 18.8 Å². The molecule has 0 bridgehead atoms. The first-order chi connectivity index (χ1) is 11.2. The normalized spacial score (nSPS) is 24.7. The van der Waals surface area contributed by atoms with E-state index in [0.717, 1.165) is 28.4 Å². The highest BCUT2D eigenvalue weighted by Gasteiger charge is 2.41. The molecule has 1 aliphatic carbocycles. The number of halogens is 2. The van der Waals surface area contributed by atoms with Gasteiger partial charge in [-0.15, -0.1) is 0 Å². The van der Waals surface area contributed by atoms with Gasteiger partial charge in [-0.1, -0.05) is 42.0 Å². The zero-order chi connectivity index (χ0) is 16.0. The van der Waals surface area contributed by atoms with Crippen LogP contribution in [0.25, 0.3) is 0 Å². The Kier molecular flexibility index (Phi) is 3.53. The summed E-state index contributed by atoms with van der Waals surface area (Å²) in [5, 5.41) is 4.22. The van der Waals surface area contributed by atoms with Gasteiger partial charge in [-0.05, 0) is 30.5 Å². The summed E-state index contributed by atoms with van der Waals surface area (Å²) in [4.78, 5) is 0. The lowest BCUT2D eigenvalue weighted by molar-refractivity contribution is 0.392. The third-order valence-electron chi connectivity index (χ3n) is 4.89. The molecule has 1 aliphatic heterocycles. The summed E-state index contributed by atoms with van der Waals surface area (Å²) < 4.78 is 19.8. The maximum atomic E-state index is 14.4. The van der Waals surface area contributed by atoms with Crippen LogP contribution in [0.5, 0.6) is 5.75 Å². The quantitative estimate of drug-likeness (QED) is 0.753. The van der Waals surface area contributed by atoms with Crippen LogP contribution >= 0.6 is 11.6 Å². The molecule has 0 unspecified atom stereocenters. The SMILES string of the molecule is COc1ccc(Cl)c2c1N[C@H](c1ccccc1F)[C@H]1CC=C[C@H]21. The van der Waals surface area contributed by atoms with Crippen molar-refractivity contribution >= 4 is 17.3 Å². The van der Waals surface area contributed by atoms with Gasteiger partial charge in [-0.3, -0.25) is 0 Å². The number of allylic oxidation sites excluding steroid dienone is 2. The molecular formula is C19H17ClFNO. The average molecular weight is 330 g/mol. The second kappa shape index (κ2) is 5.57. The number of anilines is 1. The maximum Gasteiger partial charge on any atom is 0.142 e. The van der Waals surface area contributed by atoms with E-state index in [1.807, 2.05) is 24.3 Å². The highest BCUT2D eigenvalue weighted by Crippen LogP contribution is 2.54. The van der Waals surface area contributed by atoms with Crippen molar-refractivity contribution in [2.24, 2.45) is 5.92 Å². The minimum Gasteiger partial charge on any atom is -0.495 e. The molecular weight excluding hydrogens is 313 g/mol. The number of nitrogens with one attached hydrogen (secondary N) is 1. The minimum absolute atomic E-state index is 0.101. The van der Waals surface area contributed by atoms with Crippen LogP contribution in [0.3, 0.4) is 0 Å². The number of hydrogen-bond donors (Lipinski definition) is 1. The molecule has 0 amide bonds. The molecule has 23 heavy (non-hydrogen) atoms. The molecule has 4 rings (SSSR count). The maximum absolute atomic E-state index is 14.4. The van der Waals surface area contributed by atoms with E-state index in [2.05, 4.69) is 17.5 Å². The molecule has 4 heteroatoms. The first kappa shape index (κ1) is 14.6. The van der Waals surface area contributed by atoms with Crippen LogP contribution in [-0.2, 0) is 0 Å². The van der Waals surface area contributed by atoms with E-state index in [0.29, 0.717) is 5.56 Å². The van der Waals surface area contributed by atoms with Crippen LogP contribution in [-0.4, -0.2) is 7.11 Å². The zero-order valence-corrected chi connectivity index (χ0v) is 13.5. The van der Waals surface area contributed by atoms with Crippen molar-refractivity contribution in [1.82, 2.24) is 0 Å². The van der Waals surface area contributed by atoms with Gasteiger partial charge in [0.25, 0.3) is 0 Å². The van der Waals surface area contributed by atoms with E-state index in [1.165, 1.54) is 6.07 Å². The van der Waals surface area contributed by atoms with Gasteiger partial charge in [0, 0.05) is 22.1 Å². The average Bonchev–Trinajstić information content (AvgIpc) is 3.04. The van der Waals surface area contributed by atoms with Gasteiger partial charge in [0.2, 0.25) is 0 Å². The molecule has 2 nitrogen and oxygen atoms in total. The van der Waals surface area contributed by atoms with Crippen molar-refractivity contribution in [1.29, 1.82) is 0 Å². The Morgan fingerprint density at radius 1 is 1.22 bits per heavy atom. The van der Waals surface area contributed by atoms with Crippen LogP contribution in [0.2, 0.25) is 5.02 Å². The Morgan fingerprint density at radius 3 is 2.83 bits per heavy atom. The van der Waals surface area contributed by atoms with Crippen molar-refractivity contribution in [2.45, 2.75) is 18.4 Å². The molecule has 0 spiro atoms. The molecule has 2 aromatic rings. The summed E-state index contributed by atoms with van der Waals surface area (Å²) >= 11 is 6.46. The molecule has 2 aliphatic rings. The summed E-state index contributed by atoms with van der Waals surface area (Å²) in [5.41, 5.74) is 2.62. The number of rotatable bonds is 2. The highest BCUT2D eigenvalue weighted by molar-refractivity contribution is 6.32. The number of methoxy groups -OCH3 is 1. The second-order valence-corrected chi connectivity index (χ2v) is 6.44. The summed E-state index contributed by atoms with van der Waals surface area (Å²) in [6.07, 6.45) is 5.25. The molecule has 1 heterocycles. The Bertz CT molecular complexity index is 789. The molecule has 0 saturated carbocycles. The van der Waals surface area contributed by atoms with E-state index in [4.69, 9.17) is 16.3 Å². The third-order valence-corrected chi connectivity index (χ3v) is 5.22. The van der Waals surface area contributed by atoms with E-state index in [1.54, 1.807) is 13.2 Å². The Balaban J connectivity index is 1.88. The molecule has 0 aromatic heterocycles. The van der Waals surface area contributed by atoms with Gasteiger partial charge in [0.1, 0.15) is 11.6 Å². The fourth-order valence-corrected chi connectivity index (χ4v) is 4.13. The van der Waals surface area contributed by atoms with Gasteiger partial charge in [-0.2, -0.15) is 0 Å². The molecule has 0 fully saturated rings. The predicted octanol–water partition coefficient (Wildman–Crippen LogP) is 5.31. The Hall–Kier alpha value is -2.00. The minimum atomic E-state index is -0.180. The van der Waals surface area contributed by atoms with Gasteiger partial charge >= 0.3 is 0 Å². The van der Waals surface area contributed by atoms with Crippen molar-refractivity contribution in [2.75, 3.05) is 12.4 Å². The zero-order valence-electron chi connectivity index (χ0n) is 12.7. The number of ether oxygens (including phenoxy) is 1. The Labute approximate surface area is 139 Å². The van der Waals surface area contributed by atoms with Crippen LogP contribution in [0.4, 0.5) is 10.1 Å². The molecule has 2 aromatic carbocycles. The smallest absolute Gasteiger partial charge is 0.142 e. The predicted molar refractivity (Wildman–Crippen MR) is 90.8 cm³/mol. The second-order valence-electron chi connectivity index (χ2n) is 6.04. The van der Waals surface area contributed by atoms with Crippen molar-refractivity contribution in [3.8, 4) is 5.75 Å². The molecule has 0 saturated heterocycles. The molecule has 0 radical (unpaired) electrons. The summed E-state index contributed by atoms with van der Waals surface area (Å²) in [6.45, 7) is 0. The lowest BCUT2D eigenvalue weighted by atomic mass is 9.76.